The summed E-state index contributed by atoms with van der Waals surface area (Å²) in [6.07, 6.45) is 5.93. The van der Waals surface area contributed by atoms with Crippen LogP contribution in [0.1, 0.15) is 208 Å². The van der Waals surface area contributed by atoms with Crippen molar-refractivity contribution < 1.29 is 70.2 Å². The number of rotatable bonds is 17. The molecule has 94 heavy (non-hydrogen) atoms. The lowest BCUT2D eigenvalue weighted by Gasteiger charge is -2.47. The van der Waals surface area contributed by atoms with Crippen molar-refractivity contribution >= 4 is 69.9 Å². The molecule has 2 atom stereocenters. The summed E-state index contributed by atoms with van der Waals surface area (Å²) in [6, 6.07) is 15.2. The number of aryl methyl sites for hydroxylation is 3. The van der Waals surface area contributed by atoms with Gasteiger partial charge in [0.2, 0.25) is 0 Å². The van der Waals surface area contributed by atoms with Crippen molar-refractivity contribution in [2.24, 2.45) is 0 Å². The molecule has 0 unspecified atom stereocenters. The predicted octanol–water partition coefficient (Wildman–Crippen LogP) is 11.3. The van der Waals surface area contributed by atoms with Crippen LogP contribution in [-0.4, -0.2) is 101 Å². The van der Waals surface area contributed by atoms with E-state index in [4.69, 9.17) is 0 Å². The second-order valence-electron chi connectivity index (χ2n) is 25.9. The molecule has 3 aliphatic heterocycles. The molecule has 6 aromatic rings. The van der Waals surface area contributed by atoms with Crippen LogP contribution < -0.4 is 31.9 Å². The highest BCUT2D eigenvalue weighted by Crippen LogP contribution is 2.47. The monoisotopic (exact) mass is 1300 g/mol. The third-order valence-corrected chi connectivity index (χ3v) is 17.5. The number of aliphatic hydroxyl groups is 1. The Kier molecular flexibility index (Phi) is 21.9. The first kappa shape index (κ1) is 70.8. The Morgan fingerprint density at radius 1 is 0.553 bits per heavy atom. The van der Waals surface area contributed by atoms with Gasteiger partial charge in [0.05, 0.1) is 51.5 Å². The molecule has 0 saturated heterocycles. The van der Waals surface area contributed by atoms with Gasteiger partial charge in [0.1, 0.15) is 17.5 Å². The van der Waals surface area contributed by atoms with E-state index < -0.39 is 88.9 Å². The third-order valence-electron chi connectivity index (χ3n) is 17.5. The third kappa shape index (κ3) is 16.1. The van der Waals surface area contributed by atoms with Gasteiger partial charge in [0.15, 0.2) is 0 Å². The van der Waals surface area contributed by atoms with Crippen molar-refractivity contribution in [3.63, 3.8) is 0 Å². The van der Waals surface area contributed by atoms with Gasteiger partial charge in [-0.2, -0.15) is 0 Å². The summed E-state index contributed by atoms with van der Waals surface area (Å²) in [5.41, 5.74) is 5.08. The van der Waals surface area contributed by atoms with Gasteiger partial charge < -0.3 is 50.7 Å². The number of carbonyl (C=O) groups excluding carboxylic acids is 9. The molecule has 0 bridgehead atoms. The number of hydrogen-bond acceptors (Lipinski definition) is 10. The maximum Gasteiger partial charge on any atom is 0.294 e. The number of amides is 6. The number of Topliss-reactive ketones (excluding diaryl/α,β-unsaturated/α-hetero) is 3. The van der Waals surface area contributed by atoms with E-state index in [1.54, 1.807) is 63.7 Å². The first-order chi connectivity index (χ1) is 44.3. The van der Waals surface area contributed by atoms with Crippen molar-refractivity contribution in [1.82, 2.24) is 29.7 Å². The number of nitrogens with zero attached hydrogens (tertiary/aromatic N) is 3. The fourth-order valence-corrected chi connectivity index (χ4v) is 12.5. The number of carbonyl (C=O) groups is 9. The first-order valence-corrected chi connectivity index (χ1v) is 31.8. The Morgan fingerprint density at radius 2 is 0.968 bits per heavy atom. The number of aliphatic hydroxyl groups excluding tert-OH is 1. The van der Waals surface area contributed by atoms with Gasteiger partial charge in [0, 0.05) is 72.2 Å². The molecule has 3 aromatic heterocycles. The van der Waals surface area contributed by atoms with Crippen LogP contribution in [0.5, 0.6) is 0 Å². The second-order valence-corrected chi connectivity index (χ2v) is 25.9. The minimum Gasteiger partial charge on any atom is -0.391 e. The van der Waals surface area contributed by atoms with Crippen molar-refractivity contribution in [3.8, 4) is 0 Å². The normalized spacial score (nSPS) is 15.6. The Morgan fingerprint density at radius 3 is 1.36 bits per heavy atom. The Balaban J connectivity index is 0.000000181. The lowest BCUT2D eigenvalue weighted by Crippen LogP contribution is -2.63. The highest BCUT2D eigenvalue weighted by molar-refractivity contribution is 6.44. The summed E-state index contributed by atoms with van der Waals surface area (Å²) in [6.45, 7) is 18.6. The van der Waals surface area contributed by atoms with E-state index >= 15 is 0 Å². The summed E-state index contributed by atoms with van der Waals surface area (Å²) in [7, 11) is 0. The molecule has 4 aliphatic rings. The van der Waals surface area contributed by atoms with Gasteiger partial charge in [-0.1, -0.05) is 13.8 Å². The van der Waals surface area contributed by atoms with Crippen LogP contribution in [0.25, 0.3) is 0 Å². The zero-order valence-electron chi connectivity index (χ0n) is 54.7. The molecular weight excluding hydrogens is 1220 g/mol. The molecule has 24 heteroatoms. The lowest BCUT2D eigenvalue weighted by molar-refractivity contribution is -0.145. The summed E-state index contributed by atoms with van der Waals surface area (Å²) in [5.74, 6) is -9.83. The van der Waals surface area contributed by atoms with Gasteiger partial charge in [-0.15, -0.1) is 0 Å². The topological polar surface area (TPSA) is 261 Å². The van der Waals surface area contributed by atoms with E-state index in [2.05, 4.69) is 31.9 Å². The summed E-state index contributed by atoms with van der Waals surface area (Å²) in [4.78, 5) is 116. The maximum atomic E-state index is 13.5. The molecule has 6 heterocycles. The SMILES string of the molecule is CCC1(NC(=O)C(=O)c2cc(C(=O)Nc3ccc(F)c(C)c3)c3n2CCCC3)CC(F)(F)C1.CC[C@@H](NC(=O)C(=O)c1cc(C(=O)Nc2ccc(F)c(C)c2)c2n1CCCC2)[C@@H](C)O.Cc1cc(NC(=O)c2c(C)c(C(=O)C(=O)NC(C)(C)C)n3c2CCCC3)ccc1F. The lowest BCUT2D eigenvalue weighted by atomic mass is 9.71. The van der Waals surface area contributed by atoms with Crippen LogP contribution in [0.4, 0.5) is 39.0 Å². The molecule has 3 aromatic carbocycles. The van der Waals surface area contributed by atoms with Crippen LogP contribution >= 0.6 is 0 Å². The van der Waals surface area contributed by atoms with E-state index in [0.29, 0.717) is 114 Å². The van der Waals surface area contributed by atoms with Gasteiger partial charge in [-0.25, -0.2) is 22.0 Å². The quantitative estimate of drug-likeness (QED) is 0.0258. The number of anilines is 3. The van der Waals surface area contributed by atoms with E-state index in [0.717, 1.165) is 44.2 Å². The molecule has 0 spiro atoms. The number of fused-ring (bicyclic) bond motifs is 3. The maximum absolute atomic E-state index is 13.5. The smallest absolute Gasteiger partial charge is 0.294 e. The van der Waals surface area contributed by atoms with Gasteiger partial charge >= 0.3 is 0 Å². The average Bonchev–Trinajstić information content (AvgIpc) is 1.37. The molecule has 19 nitrogen and oxygen atoms in total. The molecule has 10 rings (SSSR count). The predicted molar refractivity (Wildman–Crippen MR) is 344 cm³/mol. The summed E-state index contributed by atoms with van der Waals surface area (Å²) >= 11 is 0. The van der Waals surface area contributed by atoms with E-state index in [1.807, 2.05) is 25.3 Å². The van der Waals surface area contributed by atoms with Crippen LogP contribution in [0.3, 0.4) is 0 Å². The standard InChI is InChI=1S/C24H26F3N3O3.C23H28FN3O4.C23H28FN3O3/c1-3-23(12-24(26,27)13-23)29-22(33)20(31)19-11-16(18-6-4-5-9-30(18)19)21(32)28-15-7-8-17(25)14(2)10-15;1-4-18(14(3)28)26-23(31)21(29)20-12-16(19-7-5-6-10-27(19)20)22(30)25-15-8-9-17(24)13(2)11-15;1-13-12-15(9-10-16(13)24)25-21(29)18-14(2)19(27-11-7-6-8-17(18)27)20(28)22(30)26-23(3,4)5/h7-8,10-11H,3-6,9,12-13H2,1-2H3,(H,28,32)(H,29,33);8-9,11-12,14,18,28H,4-7,10H2,1-3H3,(H,25,30)(H,26,31);9-10,12H,6-8,11H2,1-5H3,(H,25,29)(H,26,30)/t;14-,18-;/m.1./s1. The minimum atomic E-state index is -2.84. The van der Waals surface area contributed by atoms with Gasteiger partial charge in [-0.3, -0.25) is 43.2 Å². The van der Waals surface area contributed by atoms with Crippen molar-refractivity contribution in [2.45, 2.75) is 201 Å². The Hall–Kier alpha value is -9.06. The van der Waals surface area contributed by atoms with Crippen LogP contribution in [0, 0.1) is 45.1 Å². The van der Waals surface area contributed by atoms with E-state index in [9.17, 15) is 70.2 Å². The molecule has 7 N–H and O–H groups in total. The van der Waals surface area contributed by atoms with Crippen molar-refractivity contribution in [3.05, 3.63) is 157 Å². The minimum absolute atomic E-state index is 0.0694. The van der Waals surface area contributed by atoms with Crippen molar-refractivity contribution in [2.75, 3.05) is 16.0 Å². The molecule has 6 amide bonds. The van der Waals surface area contributed by atoms with E-state index in [-0.39, 0.29) is 46.0 Å². The summed E-state index contributed by atoms with van der Waals surface area (Å²) < 4.78 is 72.7. The Bertz CT molecular complexity index is 3980. The number of hydrogen-bond donors (Lipinski definition) is 7. The molecular formula is C70H82F5N9O10. The van der Waals surface area contributed by atoms with Crippen LogP contribution in [0.2, 0.25) is 0 Å². The first-order valence-electron chi connectivity index (χ1n) is 31.8. The number of nitrogens with one attached hydrogen (secondary N) is 6. The molecule has 502 valence electrons. The van der Waals surface area contributed by atoms with E-state index in [1.165, 1.54) is 60.7 Å². The fraction of sp³-hybridized carbons (Fsp3) is 0.443. The Labute approximate surface area is 542 Å². The fourth-order valence-electron chi connectivity index (χ4n) is 12.5. The highest BCUT2D eigenvalue weighted by atomic mass is 19.3. The zero-order chi connectivity index (χ0) is 68.9. The van der Waals surface area contributed by atoms with Crippen LogP contribution in [0.15, 0.2) is 66.7 Å². The second kappa shape index (κ2) is 29.1. The molecule has 1 saturated carbocycles. The zero-order valence-corrected chi connectivity index (χ0v) is 54.7. The van der Waals surface area contributed by atoms with Crippen LogP contribution in [-0.2, 0) is 53.3 Å². The highest BCUT2D eigenvalue weighted by Gasteiger charge is 2.56. The summed E-state index contributed by atoms with van der Waals surface area (Å²) in [5, 5.41) is 25.8. The largest absolute Gasteiger partial charge is 0.391 e. The molecule has 1 fully saturated rings. The van der Waals surface area contributed by atoms with Gasteiger partial charge in [0.25, 0.3) is 58.7 Å². The molecule has 0 radical (unpaired) electrons. The van der Waals surface area contributed by atoms with Gasteiger partial charge in [-0.05, 0) is 215 Å². The average molecular weight is 1300 g/mol. The molecule has 1 aliphatic carbocycles. The number of aromatic nitrogens is 3. The number of halogens is 5. The van der Waals surface area contributed by atoms with Crippen molar-refractivity contribution in [1.29, 1.82) is 0 Å². The number of ketones is 3. The number of alkyl halides is 2. The number of benzene rings is 3.